The first-order valence-corrected chi connectivity index (χ1v) is 8.39. The molecule has 0 spiro atoms. The topological polar surface area (TPSA) is 67.9 Å². The quantitative estimate of drug-likeness (QED) is 0.899. The zero-order valence-electron chi connectivity index (χ0n) is 14.2. The third kappa shape index (κ3) is 3.60. The third-order valence-electron chi connectivity index (χ3n) is 4.69. The van der Waals surface area contributed by atoms with Crippen molar-refractivity contribution in [3.8, 4) is 0 Å². The summed E-state index contributed by atoms with van der Waals surface area (Å²) >= 11 is 0. The van der Waals surface area contributed by atoms with Crippen LogP contribution in [-0.4, -0.2) is 55.7 Å². The highest BCUT2D eigenvalue weighted by Gasteiger charge is 2.40. The van der Waals surface area contributed by atoms with Gasteiger partial charge >= 0.3 is 0 Å². The molecule has 24 heavy (non-hydrogen) atoms. The molecule has 6 heteroatoms. The fraction of sp³-hybridized carbons (Fsp3) is 0.556. The second-order valence-electron chi connectivity index (χ2n) is 6.47. The maximum atomic E-state index is 12.6. The van der Waals surface area contributed by atoms with Gasteiger partial charge in [0.2, 0.25) is 5.91 Å². The van der Waals surface area contributed by atoms with E-state index in [1.165, 1.54) is 0 Å². The Bertz CT molecular complexity index is 596. The molecule has 0 saturated carbocycles. The summed E-state index contributed by atoms with van der Waals surface area (Å²) in [5.74, 6) is -0.320. The third-order valence-corrected chi connectivity index (χ3v) is 4.69. The second kappa shape index (κ2) is 7.32. The Kier molecular flexibility index (Phi) is 5.16. The van der Waals surface area contributed by atoms with Crippen molar-refractivity contribution in [1.82, 2.24) is 10.2 Å². The Labute approximate surface area is 142 Å². The van der Waals surface area contributed by atoms with E-state index in [2.05, 4.69) is 5.32 Å². The molecule has 1 aromatic rings. The van der Waals surface area contributed by atoms with Crippen LogP contribution in [0.1, 0.15) is 30.0 Å². The van der Waals surface area contributed by atoms with Crippen molar-refractivity contribution in [2.75, 3.05) is 26.8 Å². The number of hydrogen-bond acceptors (Lipinski definition) is 4. The van der Waals surface area contributed by atoms with E-state index in [-0.39, 0.29) is 24.5 Å². The summed E-state index contributed by atoms with van der Waals surface area (Å²) in [4.78, 5) is 26.3. The number of morpholine rings is 1. The van der Waals surface area contributed by atoms with Crippen LogP contribution >= 0.6 is 0 Å². The van der Waals surface area contributed by atoms with Crippen molar-refractivity contribution in [2.45, 2.75) is 38.0 Å². The number of hydrogen-bond donors (Lipinski definition) is 1. The van der Waals surface area contributed by atoms with Crippen molar-refractivity contribution in [2.24, 2.45) is 0 Å². The van der Waals surface area contributed by atoms with E-state index in [0.29, 0.717) is 6.54 Å². The van der Waals surface area contributed by atoms with Crippen molar-refractivity contribution in [3.05, 3.63) is 35.4 Å². The molecule has 2 fully saturated rings. The highest BCUT2D eigenvalue weighted by Crippen LogP contribution is 2.29. The summed E-state index contributed by atoms with van der Waals surface area (Å²) in [6.07, 6.45) is 1.36. The van der Waals surface area contributed by atoms with Crippen LogP contribution in [0.5, 0.6) is 0 Å². The average molecular weight is 332 g/mol. The lowest BCUT2D eigenvalue weighted by Gasteiger charge is -2.38. The molecule has 0 aromatic heterocycles. The Morgan fingerprint density at radius 3 is 2.71 bits per heavy atom. The molecule has 0 bridgehead atoms. The lowest BCUT2D eigenvalue weighted by Crippen LogP contribution is -2.53. The van der Waals surface area contributed by atoms with Crippen LogP contribution in [0.4, 0.5) is 0 Å². The summed E-state index contributed by atoms with van der Waals surface area (Å²) in [5.41, 5.74) is 2.03. The number of carbonyl (C=O) groups excluding carboxylic acids is 2. The van der Waals surface area contributed by atoms with E-state index >= 15 is 0 Å². The highest BCUT2D eigenvalue weighted by atomic mass is 16.5. The van der Waals surface area contributed by atoms with Crippen molar-refractivity contribution < 1.29 is 19.1 Å². The summed E-state index contributed by atoms with van der Waals surface area (Å²) < 4.78 is 11.1. The number of aryl methyl sites for hydroxylation is 1. The van der Waals surface area contributed by atoms with Gasteiger partial charge < -0.3 is 19.7 Å². The molecule has 3 rings (SSSR count). The van der Waals surface area contributed by atoms with Gasteiger partial charge in [0.15, 0.2) is 6.10 Å². The van der Waals surface area contributed by atoms with Gasteiger partial charge in [-0.25, -0.2) is 0 Å². The number of ether oxygens (including phenoxy) is 2. The fourth-order valence-corrected chi connectivity index (χ4v) is 3.21. The first kappa shape index (κ1) is 16.9. The molecule has 130 valence electrons. The predicted octanol–water partition coefficient (Wildman–Crippen LogP) is 1.19. The Morgan fingerprint density at radius 1 is 1.29 bits per heavy atom. The predicted molar refractivity (Wildman–Crippen MR) is 88.4 cm³/mol. The first-order valence-electron chi connectivity index (χ1n) is 8.39. The van der Waals surface area contributed by atoms with Gasteiger partial charge in [0.05, 0.1) is 12.1 Å². The number of rotatable bonds is 4. The van der Waals surface area contributed by atoms with Crippen LogP contribution in [0.3, 0.4) is 0 Å². The Balaban J connectivity index is 1.74. The van der Waals surface area contributed by atoms with E-state index < -0.39 is 12.1 Å². The van der Waals surface area contributed by atoms with Crippen LogP contribution in [0.2, 0.25) is 0 Å². The van der Waals surface area contributed by atoms with E-state index in [1.54, 1.807) is 11.9 Å². The summed E-state index contributed by atoms with van der Waals surface area (Å²) in [7, 11) is 1.72. The zero-order chi connectivity index (χ0) is 17.1. The van der Waals surface area contributed by atoms with Gasteiger partial charge in [0, 0.05) is 20.2 Å². The molecule has 0 radical (unpaired) electrons. The van der Waals surface area contributed by atoms with E-state index in [1.807, 2.05) is 31.2 Å². The van der Waals surface area contributed by atoms with Gasteiger partial charge in [0.25, 0.3) is 5.91 Å². The highest BCUT2D eigenvalue weighted by molar-refractivity contribution is 5.86. The van der Waals surface area contributed by atoms with E-state index in [9.17, 15) is 9.59 Å². The number of nitrogens with one attached hydrogen (secondary N) is 1. The molecular formula is C18H24N2O4. The maximum absolute atomic E-state index is 12.6. The molecule has 2 saturated heterocycles. The minimum atomic E-state index is -0.711. The molecule has 0 aliphatic carbocycles. The number of nitrogens with zero attached hydrogens (tertiary/aromatic N) is 1. The summed E-state index contributed by atoms with van der Waals surface area (Å²) in [6, 6.07) is 7.42. The Morgan fingerprint density at radius 2 is 2.04 bits per heavy atom. The number of amides is 2. The van der Waals surface area contributed by atoms with Crippen molar-refractivity contribution in [3.63, 3.8) is 0 Å². The normalized spacial score (nSPS) is 27.3. The summed E-state index contributed by atoms with van der Waals surface area (Å²) in [6.45, 7) is 3.17. The molecule has 2 aliphatic heterocycles. The van der Waals surface area contributed by atoms with Crippen LogP contribution in [-0.2, 0) is 19.1 Å². The minimum absolute atomic E-state index is 0.0725. The molecule has 1 N–H and O–H groups in total. The fourth-order valence-electron chi connectivity index (χ4n) is 3.21. The molecule has 1 aromatic carbocycles. The summed E-state index contributed by atoms with van der Waals surface area (Å²) in [5, 5.41) is 2.91. The molecule has 2 aliphatic rings. The van der Waals surface area contributed by atoms with Crippen LogP contribution < -0.4 is 5.32 Å². The largest absolute Gasteiger partial charge is 0.376 e. The lowest BCUT2D eigenvalue weighted by atomic mass is 9.96. The van der Waals surface area contributed by atoms with Gasteiger partial charge in [0.1, 0.15) is 6.61 Å². The van der Waals surface area contributed by atoms with Crippen molar-refractivity contribution in [1.29, 1.82) is 0 Å². The van der Waals surface area contributed by atoms with Crippen molar-refractivity contribution >= 4 is 11.8 Å². The molecule has 3 atom stereocenters. The van der Waals surface area contributed by atoms with Gasteiger partial charge in [-0.05, 0) is 25.3 Å². The van der Waals surface area contributed by atoms with Gasteiger partial charge in [-0.1, -0.05) is 29.8 Å². The minimum Gasteiger partial charge on any atom is -0.376 e. The lowest BCUT2D eigenvalue weighted by molar-refractivity contribution is -0.162. The van der Waals surface area contributed by atoms with Gasteiger partial charge in [-0.2, -0.15) is 0 Å². The number of likely N-dealkylation sites (N-methyl/N-ethyl adjacent to an activating group) is 1. The zero-order valence-corrected chi connectivity index (χ0v) is 14.2. The molecule has 0 unspecified atom stereocenters. The van der Waals surface area contributed by atoms with Crippen LogP contribution in [0.25, 0.3) is 0 Å². The van der Waals surface area contributed by atoms with Gasteiger partial charge in [-0.3, -0.25) is 9.59 Å². The smallest absolute Gasteiger partial charge is 0.251 e. The molecular weight excluding hydrogens is 308 g/mol. The second-order valence-corrected chi connectivity index (χ2v) is 6.47. The van der Waals surface area contributed by atoms with Gasteiger partial charge in [-0.15, -0.1) is 0 Å². The SMILES string of the molecule is Cc1ccc([C@@H]2[C@@H](C(=O)NC[C@H]3CCCO3)OCC(=O)N2C)cc1. The standard InChI is InChI=1S/C18H24N2O4/c1-12-5-7-13(8-6-12)16-17(24-11-15(21)20(16)2)18(22)19-10-14-4-3-9-23-14/h5-8,14,16-17H,3-4,9-11H2,1-2H3,(H,19,22)/t14-,16-,17+/m1/s1. The molecule has 2 heterocycles. The monoisotopic (exact) mass is 332 g/mol. The molecule has 6 nitrogen and oxygen atoms in total. The Hall–Kier alpha value is -1.92. The molecule has 2 amide bonds. The van der Waals surface area contributed by atoms with Crippen LogP contribution in [0.15, 0.2) is 24.3 Å². The maximum Gasteiger partial charge on any atom is 0.251 e. The number of carbonyl (C=O) groups is 2. The van der Waals surface area contributed by atoms with Crippen LogP contribution in [0, 0.1) is 6.92 Å². The first-order chi connectivity index (χ1) is 11.6. The average Bonchev–Trinajstić information content (AvgIpc) is 3.09. The number of benzene rings is 1. The van der Waals surface area contributed by atoms with E-state index in [4.69, 9.17) is 9.47 Å². The van der Waals surface area contributed by atoms with E-state index in [0.717, 1.165) is 30.6 Å².